The molecule has 0 aliphatic heterocycles. The molecule has 0 unspecified atom stereocenters. The molecule has 2 aromatic carbocycles. The first kappa shape index (κ1) is 32.1. The molecule has 0 N–H and O–H groups in total. The fraction of sp³-hybridized carbons (Fsp3) is 0.500. The molecule has 0 fully saturated rings. The molecule has 0 nitrogen and oxygen atoms in total. The second-order valence-electron chi connectivity index (χ2n) is 6.22. The van der Waals surface area contributed by atoms with Crippen molar-refractivity contribution in [1.82, 2.24) is 0 Å². The van der Waals surface area contributed by atoms with Crippen LogP contribution in [0.1, 0.15) is 61.8 Å². The number of hydrogen-bond acceptors (Lipinski definition) is 0. The maximum absolute atomic E-state index is 2.22. The average molecular weight is 464 g/mol. The van der Waals surface area contributed by atoms with Crippen molar-refractivity contribution in [3.05, 3.63) is 58.7 Å². The van der Waals surface area contributed by atoms with Crippen molar-refractivity contribution < 1.29 is 51.0 Å². The second kappa shape index (κ2) is 18.2. The molecule has 2 aromatic rings. The van der Waals surface area contributed by atoms with E-state index in [0.717, 1.165) is 9.52 Å². The smallest absolute Gasteiger partial charge is 1.00 e. The maximum Gasteiger partial charge on any atom is 4.00 e. The van der Waals surface area contributed by atoms with Gasteiger partial charge in [0.05, 0.1) is 0 Å². The molecule has 0 atom stereocenters. The van der Waals surface area contributed by atoms with Gasteiger partial charge in [0, 0.05) is 9.52 Å². The topological polar surface area (TPSA) is 0 Å². The van der Waals surface area contributed by atoms with Gasteiger partial charge in [-0.05, 0) is 11.8 Å². The molecular weight excluding hydrogens is 430 g/mol. The van der Waals surface area contributed by atoms with Gasteiger partial charge in [-0.25, -0.2) is 24.3 Å². The normalized spacial score (nSPS) is 8.75. The van der Waals surface area contributed by atoms with Gasteiger partial charge >= 0.3 is 26.2 Å². The van der Waals surface area contributed by atoms with Crippen LogP contribution in [-0.2, 0) is 26.2 Å². The molecule has 1 radical (unpaired) electrons. The Kier molecular flexibility index (Phi) is 24.3. The van der Waals surface area contributed by atoms with Crippen molar-refractivity contribution in [2.24, 2.45) is 0 Å². The van der Waals surface area contributed by atoms with E-state index in [0.29, 0.717) is 11.8 Å². The summed E-state index contributed by atoms with van der Waals surface area (Å²) in [5.74, 6) is 1.36. The van der Waals surface area contributed by atoms with E-state index in [1.165, 1.54) is 22.3 Å². The predicted molar refractivity (Wildman–Crippen MR) is 101 cm³/mol. The Bertz CT molecular complexity index is 443. The van der Waals surface area contributed by atoms with Crippen molar-refractivity contribution in [1.29, 1.82) is 0 Å². The summed E-state index contributed by atoms with van der Waals surface area (Å²) in [6.45, 7) is 17.6. The van der Waals surface area contributed by atoms with E-state index in [2.05, 4.69) is 91.0 Å². The summed E-state index contributed by atoms with van der Waals surface area (Å²) in [5.41, 5.74) is 5.81. The van der Waals surface area contributed by atoms with Gasteiger partial charge in [0.25, 0.3) is 0 Å². The zero-order chi connectivity index (χ0) is 16.4. The third kappa shape index (κ3) is 12.7. The van der Waals surface area contributed by atoms with Crippen LogP contribution in [-0.4, -0.2) is 9.52 Å². The van der Waals surface area contributed by atoms with E-state index in [9.17, 15) is 0 Å². The van der Waals surface area contributed by atoms with Gasteiger partial charge in [-0.3, -0.25) is 0 Å². The molecular formula is C20H33Cl2SiZr. The minimum Gasteiger partial charge on any atom is -1.00 e. The Balaban J connectivity index is -0.000000130. The van der Waals surface area contributed by atoms with Crippen LogP contribution in [0.25, 0.3) is 0 Å². The SMILES string of the molecule is C[SiH]C.C[c-]1cccc1C(C)C.C[c-]1cccc1C(C)C.[Cl-].[Cl-].[Zr+4]. The van der Waals surface area contributed by atoms with E-state index < -0.39 is 0 Å². The molecule has 2 rings (SSSR count). The standard InChI is InChI=1S/2C9H13.C2H7Si.2ClH.Zr/c2*1-7(2)9-6-4-5-8(9)3;1-3-2;;;/h2*4-7H,1-3H3;3H,1-2H3;2*1H;/q2*-1;;;;+4/p-2. The summed E-state index contributed by atoms with van der Waals surface area (Å²) in [6, 6.07) is 12.9. The molecule has 135 valence electrons. The molecule has 0 heterocycles. The number of aryl methyl sites for hydroxylation is 2. The quantitative estimate of drug-likeness (QED) is 0.441. The Morgan fingerprint density at radius 3 is 1.08 bits per heavy atom. The molecule has 0 aliphatic carbocycles. The Morgan fingerprint density at radius 2 is 1.00 bits per heavy atom. The van der Waals surface area contributed by atoms with Crippen LogP contribution < -0.4 is 24.8 Å². The number of hydrogen-bond donors (Lipinski definition) is 0. The van der Waals surface area contributed by atoms with E-state index in [1.54, 1.807) is 0 Å². The molecule has 0 bridgehead atoms. The molecule has 0 saturated carbocycles. The van der Waals surface area contributed by atoms with Crippen molar-refractivity contribution in [2.75, 3.05) is 0 Å². The number of halogens is 2. The van der Waals surface area contributed by atoms with E-state index >= 15 is 0 Å². The summed E-state index contributed by atoms with van der Waals surface area (Å²) in [5, 5.41) is 0. The van der Waals surface area contributed by atoms with Gasteiger partial charge in [-0.1, -0.05) is 54.6 Å². The molecule has 0 spiro atoms. The average Bonchev–Trinajstić information content (AvgIpc) is 2.99. The van der Waals surface area contributed by atoms with Crippen LogP contribution in [0.5, 0.6) is 0 Å². The van der Waals surface area contributed by atoms with Gasteiger partial charge in [0.2, 0.25) is 0 Å². The zero-order valence-corrected chi connectivity index (χ0v) is 21.6. The van der Waals surface area contributed by atoms with Crippen LogP contribution >= 0.6 is 0 Å². The van der Waals surface area contributed by atoms with E-state index in [-0.39, 0.29) is 51.0 Å². The molecule has 0 amide bonds. The van der Waals surface area contributed by atoms with Crippen molar-refractivity contribution in [2.45, 2.75) is 66.5 Å². The van der Waals surface area contributed by atoms with Gasteiger partial charge in [-0.15, -0.1) is 0 Å². The first-order valence-electron chi connectivity index (χ1n) is 8.03. The van der Waals surface area contributed by atoms with Gasteiger partial charge < -0.3 is 24.8 Å². The number of rotatable bonds is 2. The fourth-order valence-electron chi connectivity index (χ4n) is 2.34. The molecule has 0 saturated heterocycles. The Morgan fingerprint density at radius 1 is 0.750 bits per heavy atom. The molecule has 4 heteroatoms. The largest absolute Gasteiger partial charge is 4.00 e. The third-order valence-electron chi connectivity index (χ3n) is 3.40. The van der Waals surface area contributed by atoms with E-state index in [4.69, 9.17) is 0 Å². The summed E-state index contributed by atoms with van der Waals surface area (Å²) in [7, 11) is 0.750. The Labute approximate surface area is 184 Å². The van der Waals surface area contributed by atoms with Crippen LogP contribution in [0.4, 0.5) is 0 Å². The van der Waals surface area contributed by atoms with Crippen LogP contribution in [0, 0.1) is 13.8 Å². The van der Waals surface area contributed by atoms with Crippen molar-refractivity contribution in [3.8, 4) is 0 Å². The van der Waals surface area contributed by atoms with Gasteiger partial charge in [0.1, 0.15) is 0 Å². The summed E-state index contributed by atoms with van der Waals surface area (Å²) in [4.78, 5) is 0. The maximum atomic E-state index is 2.22. The zero-order valence-electron chi connectivity index (χ0n) is 16.5. The van der Waals surface area contributed by atoms with Crippen molar-refractivity contribution >= 4 is 9.52 Å². The first-order valence-corrected chi connectivity index (χ1v) is 10.3. The second-order valence-corrected chi connectivity index (χ2v) is 7.37. The fourth-order valence-corrected chi connectivity index (χ4v) is 2.34. The molecule has 0 aliphatic rings. The summed E-state index contributed by atoms with van der Waals surface area (Å²) < 4.78 is 0. The minimum atomic E-state index is 0. The molecule has 24 heavy (non-hydrogen) atoms. The summed E-state index contributed by atoms with van der Waals surface area (Å²) in [6.07, 6.45) is 0. The van der Waals surface area contributed by atoms with Crippen LogP contribution in [0.3, 0.4) is 0 Å². The van der Waals surface area contributed by atoms with Crippen LogP contribution in [0.2, 0.25) is 13.1 Å². The Hall–Kier alpha value is 0.380. The predicted octanol–water partition coefficient (Wildman–Crippen LogP) is 0.199. The van der Waals surface area contributed by atoms with E-state index in [1.807, 2.05) is 0 Å². The van der Waals surface area contributed by atoms with Crippen molar-refractivity contribution in [3.63, 3.8) is 0 Å². The monoisotopic (exact) mass is 461 g/mol. The van der Waals surface area contributed by atoms with Gasteiger partial charge in [0.15, 0.2) is 0 Å². The summed E-state index contributed by atoms with van der Waals surface area (Å²) >= 11 is 0. The van der Waals surface area contributed by atoms with Crippen LogP contribution in [0.15, 0.2) is 36.4 Å². The third-order valence-corrected chi connectivity index (χ3v) is 3.40. The first-order chi connectivity index (χ1) is 9.84. The molecule has 0 aromatic heterocycles. The minimum absolute atomic E-state index is 0. The van der Waals surface area contributed by atoms with Gasteiger partial charge in [-0.2, -0.15) is 34.4 Å².